The molecule has 1 aliphatic heterocycles. The van der Waals surface area contributed by atoms with Crippen molar-refractivity contribution in [3.63, 3.8) is 0 Å². The molecule has 5 heteroatoms. The van der Waals surface area contributed by atoms with Crippen LogP contribution in [0.3, 0.4) is 0 Å². The Kier molecular flexibility index (Phi) is 5.45. The lowest BCUT2D eigenvalue weighted by Gasteiger charge is -2.16. The Morgan fingerprint density at radius 1 is 1.42 bits per heavy atom. The molecule has 4 nitrogen and oxygen atoms in total. The van der Waals surface area contributed by atoms with Crippen molar-refractivity contribution >= 4 is 11.6 Å². The maximum absolute atomic E-state index is 6.12. The number of halogens is 1. The van der Waals surface area contributed by atoms with E-state index in [1.165, 1.54) is 5.56 Å². The van der Waals surface area contributed by atoms with Crippen LogP contribution in [0, 0.1) is 0 Å². The predicted octanol–water partition coefficient (Wildman–Crippen LogP) is 2.03. The molecule has 0 amide bonds. The van der Waals surface area contributed by atoms with Crippen molar-refractivity contribution in [2.24, 2.45) is 0 Å². The van der Waals surface area contributed by atoms with Gasteiger partial charge in [0.15, 0.2) is 0 Å². The first-order valence-electron chi connectivity index (χ1n) is 6.41. The van der Waals surface area contributed by atoms with E-state index >= 15 is 0 Å². The lowest BCUT2D eigenvalue weighted by atomic mass is 10.1. The average Bonchev–Trinajstić information content (AvgIpc) is 2.85. The fourth-order valence-electron chi connectivity index (χ4n) is 2.24. The molecule has 1 unspecified atom stereocenters. The van der Waals surface area contributed by atoms with Crippen LogP contribution in [0.25, 0.3) is 0 Å². The highest BCUT2D eigenvalue weighted by molar-refractivity contribution is 6.30. The summed E-state index contributed by atoms with van der Waals surface area (Å²) in [4.78, 5) is 0. The molecule has 1 aromatic carbocycles. The Balaban J connectivity index is 1.93. The van der Waals surface area contributed by atoms with E-state index in [1.54, 1.807) is 14.2 Å². The van der Waals surface area contributed by atoms with E-state index in [0.717, 1.165) is 35.9 Å². The van der Waals surface area contributed by atoms with Crippen LogP contribution in [0.15, 0.2) is 12.1 Å². The molecule has 2 rings (SSSR count). The van der Waals surface area contributed by atoms with Gasteiger partial charge in [-0.1, -0.05) is 11.6 Å². The van der Waals surface area contributed by atoms with Gasteiger partial charge >= 0.3 is 0 Å². The molecule has 1 aromatic rings. The normalized spacial score (nSPS) is 15.1. The van der Waals surface area contributed by atoms with Crippen LogP contribution >= 0.6 is 11.6 Å². The summed E-state index contributed by atoms with van der Waals surface area (Å²) in [6.07, 6.45) is 0.992. The maximum atomic E-state index is 6.12. The summed E-state index contributed by atoms with van der Waals surface area (Å²) < 4.78 is 16.0. The zero-order chi connectivity index (χ0) is 13.7. The molecule has 19 heavy (non-hydrogen) atoms. The van der Waals surface area contributed by atoms with Crippen molar-refractivity contribution in [2.75, 3.05) is 34.0 Å². The molecule has 1 aliphatic rings. The minimum Gasteiger partial charge on any atom is -0.493 e. The zero-order valence-corrected chi connectivity index (χ0v) is 12.1. The first-order chi connectivity index (χ1) is 9.24. The Bertz CT molecular complexity index is 425. The van der Waals surface area contributed by atoms with Crippen molar-refractivity contribution in [3.05, 3.63) is 28.3 Å². The van der Waals surface area contributed by atoms with E-state index in [1.807, 2.05) is 12.1 Å². The monoisotopic (exact) mass is 285 g/mol. The van der Waals surface area contributed by atoms with Crippen LogP contribution in [0.5, 0.6) is 5.75 Å². The second kappa shape index (κ2) is 7.10. The lowest BCUT2D eigenvalue weighted by Crippen LogP contribution is -2.31. The van der Waals surface area contributed by atoms with Crippen LogP contribution in [-0.4, -0.2) is 40.1 Å². The summed E-state index contributed by atoms with van der Waals surface area (Å²) in [6, 6.07) is 3.94. The molecule has 1 atom stereocenters. The van der Waals surface area contributed by atoms with Gasteiger partial charge in [-0.3, -0.25) is 0 Å². The molecule has 0 fully saturated rings. The number of fused-ring (bicyclic) bond motifs is 1. The fraction of sp³-hybridized carbons (Fsp3) is 0.571. The molecule has 0 aliphatic carbocycles. The molecule has 0 radical (unpaired) electrons. The molecule has 0 spiro atoms. The van der Waals surface area contributed by atoms with Crippen LogP contribution in [0.4, 0.5) is 0 Å². The number of rotatable bonds is 7. The summed E-state index contributed by atoms with van der Waals surface area (Å²) in [5.74, 6) is 0.984. The number of ether oxygens (including phenoxy) is 3. The topological polar surface area (TPSA) is 39.7 Å². The second-order valence-corrected chi connectivity index (χ2v) is 5.03. The second-order valence-electron chi connectivity index (χ2n) is 4.60. The zero-order valence-electron chi connectivity index (χ0n) is 11.4. The summed E-state index contributed by atoms with van der Waals surface area (Å²) in [6.45, 7) is 2.76. The van der Waals surface area contributed by atoms with Gasteiger partial charge in [-0.15, -0.1) is 0 Å². The van der Waals surface area contributed by atoms with Gasteiger partial charge in [-0.2, -0.15) is 0 Å². The highest BCUT2D eigenvalue weighted by Crippen LogP contribution is 2.32. The van der Waals surface area contributed by atoms with Gasteiger partial charge < -0.3 is 19.5 Å². The van der Waals surface area contributed by atoms with E-state index in [9.17, 15) is 0 Å². The van der Waals surface area contributed by atoms with Gasteiger partial charge in [0, 0.05) is 44.3 Å². The molecule has 0 aromatic heterocycles. The quantitative estimate of drug-likeness (QED) is 0.832. The van der Waals surface area contributed by atoms with Crippen LogP contribution < -0.4 is 10.1 Å². The molecule has 1 N–H and O–H groups in total. The molecule has 0 saturated heterocycles. The van der Waals surface area contributed by atoms with Gasteiger partial charge in [-0.25, -0.2) is 0 Å². The summed E-state index contributed by atoms with van der Waals surface area (Å²) >= 11 is 6.12. The Hall–Kier alpha value is -0.810. The molecule has 0 bridgehead atoms. The third-order valence-corrected chi connectivity index (χ3v) is 3.42. The van der Waals surface area contributed by atoms with Gasteiger partial charge in [0.1, 0.15) is 5.75 Å². The van der Waals surface area contributed by atoms with E-state index in [0.29, 0.717) is 13.2 Å². The first kappa shape index (κ1) is 14.6. The van der Waals surface area contributed by atoms with Crippen molar-refractivity contribution in [1.82, 2.24) is 5.32 Å². The van der Waals surface area contributed by atoms with E-state index < -0.39 is 0 Å². The van der Waals surface area contributed by atoms with E-state index in [2.05, 4.69) is 5.32 Å². The minimum absolute atomic E-state index is 0.0538. The van der Waals surface area contributed by atoms with Gasteiger partial charge in [0.25, 0.3) is 0 Å². The number of hydrogen-bond donors (Lipinski definition) is 1. The largest absolute Gasteiger partial charge is 0.493 e. The van der Waals surface area contributed by atoms with Gasteiger partial charge in [-0.05, 0) is 17.7 Å². The standard InChI is InChI=1S/C14H20ClNO3/c1-17-9-13(18-2)8-16-7-11-6-12(15)5-10-3-4-19-14(10)11/h5-6,13,16H,3-4,7-9H2,1-2H3. The number of benzene rings is 1. The first-order valence-corrected chi connectivity index (χ1v) is 6.79. The molecular weight excluding hydrogens is 266 g/mol. The maximum Gasteiger partial charge on any atom is 0.127 e. The van der Waals surface area contributed by atoms with E-state index in [4.69, 9.17) is 25.8 Å². The van der Waals surface area contributed by atoms with Crippen LogP contribution in [-0.2, 0) is 22.4 Å². The molecule has 106 valence electrons. The third kappa shape index (κ3) is 3.83. The van der Waals surface area contributed by atoms with Crippen molar-refractivity contribution < 1.29 is 14.2 Å². The number of nitrogens with one attached hydrogen (secondary N) is 1. The summed E-state index contributed by atoms with van der Waals surface area (Å²) in [5, 5.41) is 4.12. The smallest absolute Gasteiger partial charge is 0.127 e. The average molecular weight is 286 g/mol. The van der Waals surface area contributed by atoms with Gasteiger partial charge in [0.2, 0.25) is 0 Å². The van der Waals surface area contributed by atoms with Crippen molar-refractivity contribution in [2.45, 2.75) is 19.1 Å². The fourth-order valence-corrected chi connectivity index (χ4v) is 2.50. The van der Waals surface area contributed by atoms with Crippen LogP contribution in [0.2, 0.25) is 5.02 Å². The summed E-state index contributed by atoms with van der Waals surface area (Å²) in [7, 11) is 3.36. The van der Waals surface area contributed by atoms with Crippen molar-refractivity contribution in [1.29, 1.82) is 0 Å². The number of methoxy groups -OCH3 is 2. The predicted molar refractivity (Wildman–Crippen MR) is 75.0 cm³/mol. The Morgan fingerprint density at radius 2 is 2.26 bits per heavy atom. The highest BCUT2D eigenvalue weighted by Gasteiger charge is 2.17. The van der Waals surface area contributed by atoms with Gasteiger partial charge in [0.05, 0.1) is 19.3 Å². The third-order valence-electron chi connectivity index (χ3n) is 3.20. The van der Waals surface area contributed by atoms with E-state index in [-0.39, 0.29) is 6.10 Å². The number of hydrogen-bond acceptors (Lipinski definition) is 4. The molecule has 1 heterocycles. The highest BCUT2D eigenvalue weighted by atomic mass is 35.5. The Labute approximate surface area is 119 Å². The Morgan fingerprint density at radius 3 is 3.00 bits per heavy atom. The molecular formula is C14H20ClNO3. The molecule has 0 saturated carbocycles. The minimum atomic E-state index is 0.0538. The van der Waals surface area contributed by atoms with Crippen molar-refractivity contribution in [3.8, 4) is 5.75 Å². The SMILES string of the molecule is COCC(CNCc1cc(Cl)cc2c1OCC2)OC. The lowest BCUT2D eigenvalue weighted by molar-refractivity contribution is 0.0287. The van der Waals surface area contributed by atoms with Crippen LogP contribution in [0.1, 0.15) is 11.1 Å². The summed E-state index contributed by atoms with van der Waals surface area (Å²) in [5.41, 5.74) is 2.30.